The highest BCUT2D eigenvalue weighted by atomic mass is 127. The Hall–Kier alpha value is -1.10. The zero-order chi connectivity index (χ0) is 22.4. The molecule has 1 aromatic carbocycles. The van der Waals surface area contributed by atoms with Crippen molar-refractivity contribution in [3.63, 3.8) is 0 Å². The van der Waals surface area contributed by atoms with Crippen molar-refractivity contribution in [3.05, 3.63) is 34.9 Å². The van der Waals surface area contributed by atoms with Crippen LogP contribution >= 0.6 is 35.6 Å². The molecule has 0 bridgehead atoms. The molecule has 2 heterocycles. The molecule has 1 aromatic rings. The summed E-state index contributed by atoms with van der Waals surface area (Å²) in [5.74, 6) is 1.50. The van der Waals surface area contributed by atoms with Gasteiger partial charge in [0.15, 0.2) is 5.96 Å². The first-order valence-electron chi connectivity index (χ1n) is 11.3. The number of aliphatic imine (C=N–C) groups is 1. The standard InChI is InChI=1S/C23H37ClN6O.HI/c1-18(2)21(28-11-9-27(4)10-12-28)15-26-23(25-3)30-14-13-29(22(31)17-30)16-19-5-7-20(24)8-6-19;/h5-8,18,21H,9-17H2,1-4H3,(H,25,26);1H. The first-order chi connectivity index (χ1) is 14.9. The molecule has 3 rings (SSSR count). The smallest absolute Gasteiger partial charge is 0.242 e. The van der Waals surface area contributed by atoms with Crippen molar-refractivity contribution < 1.29 is 4.79 Å². The van der Waals surface area contributed by atoms with E-state index in [1.165, 1.54) is 0 Å². The minimum atomic E-state index is 0. The van der Waals surface area contributed by atoms with Crippen molar-refractivity contribution in [2.75, 3.05) is 66.5 Å². The summed E-state index contributed by atoms with van der Waals surface area (Å²) in [5, 5.41) is 4.27. The molecule has 2 saturated heterocycles. The van der Waals surface area contributed by atoms with Gasteiger partial charge in [0.05, 0.1) is 6.54 Å². The van der Waals surface area contributed by atoms with Gasteiger partial charge in [-0.15, -0.1) is 24.0 Å². The largest absolute Gasteiger partial charge is 0.355 e. The van der Waals surface area contributed by atoms with Crippen LogP contribution in [0, 0.1) is 5.92 Å². The highest BCUT2D eigenvalue weighted by Gasteiger charge is 2.28. The van der Waals surface area contributed by atoms with E-state index < -0.39 is 0 Å². The van der Waals surface area contributed by atoms with Gasteiger partial charge in [-0.1, -0.05) is 37.6 Å². The van der Waals surface area contributed by atoms with Gasteiger partial charge in [-0.3, -0.25) is 14.7 Å². The van der Waals surface area contributed by atoms with Gasteiger partial charge in [-0.25, -0.2) is 0 Å². The summed E-state index contributed by atoms with van der Waals surface area (Å²) in [5.41, 5.74) is 1.10. The SMILES string of the molecule is CN=C(NCC(C(C)C)N1CCN(C)CC1)N1CCN(Cc2ccc(Cl)cc2)C(=O)C1.I. The molecular weight excluding hydrogens is 539 g/mol. The quantitative estimate of drug-likeness (QED) is 0.320. The van der Waals surface area contributed by atoms with Crippen LogP contribution in [0.15, 0.2) is 29.3 Å². The molecule has 0 aliphatic carbocycles. The highest BCUT2D eigenvalue weighted by Crippen LogP contribution is 2.15. The number of benzene rings is 1. The van der Waals surface area contributed by atoms with Crippen LogP contribution in [0.3, 0.4) is 0 Å². The zero-order valence-corrected chi connectivity index (χ0v) is 22.8. The van der Waals surface area contributed by atoms with E-state index in [9.17, 15) is 4.79 Å². The summed E-state index contributed by atoms with van der Waals surface area (Å²) in [6.45, 7) is 12.3. The Kier molecular flexibility index (Phi) is 11.0. The van der Waals surface area contributed by atoms with Crippen molar-refractivity contribution >= 4 is 47.4 Å². The van der Waals surface area contributed by atoms with Gasteiger partial charge in [-0.2, -0.15) is 0 Å². The Morgan fingerprint density at radius 3 is 2.31 bits per heavy atom. The summed E-state index contributed by atoms with van der Waals surface area (Å²) in [6.07, 6.45) is 0. The molecule has 2 aliphatic heterocycles. The number of piperazine rings is 2. The summed E-state index contributed by atoms with van der Waals surface area (Å²) in [7, 11) is 3.98. The number of nitrogens with zero attached hydrogens (tertiary/aromatic N) is 5. The predicted molar refractivity (Wildman–Crippen MR) is 143 cm³/mol. The number of guanidine groups is 1. The molecule has 0 saturated carbocycles. The van der Waals surface area contributed by atoms with Gasteiger partial charge in [-0.05, 0) is 30.7 Å². The van der Waals surface area contributed by atoms with Crippen LogP contribution in [-0.2, 0) is 11.3 Å². The average Bonchev–Trinajstić information content (AvgIpc) is 2.75. The number of carbonyl (C=O) groups is 1. The lowest BCUT2D eigenvalue weighted by Gasteiger charge is -2.41. The Balaban J connectivity index is 0.00000363. The van der Waals surface area contributed by atoms with Crippen LogP contribution in [0.25, 0.3) is 0 Å². The Bertz CT molecular complexity index is 751. The van der Waals surface area contributed by atoms with Crippen molar-refractivity contribution in [3.8, 4) is 0 Å². The number of amides is 1. The fourth-order valence-electron chi connectivity index (χ4n) is 4.33. The normalized spacial score (nSPS) is 19.8. The lowest BCUT2D eigenvalue weighted by atomic mass is 10.0. The second kappa shape index (κ2) is 13.0. The summed E-state index contributed by atoms with van der Waals surface area (Å²) >= 11 is 5.97. The molecule has 1 N–H and O–H groups in total. The Labute approximate surface area is 215 Å². The molecule has 2 fully saturated rings. The van der Waals surface area contributed by atoms with E-state index >= 15 is 0 Å². The third-order valence-electron chi connectivity index (χ3n) is 6.36. The summed E-state index contributed by atoms with van der Waals surface area (Å²) in [6, 6.07) is 8.15. The van der Waals surface area contributed by atoms with E-state index in [4.69, 9.17) is 11.6 Å². The van der Waals surface area contributed by atoms with Gasteiger partial charge < -0.3 is 20.0 Å². The Morgan fingerprint density at radius 1 is 1.09 bits per heavy atom. The van der Waals surface area contributed by atoms with Crippen molar-refractivity contribution in [1.29, 1.82) is 0 Å². The van der Waals surface area contributed by atoms with Gasteiger partial charge in [0.2, 0.25) is 5.91 Å². The van der Waals surface area contributed by atoms with Crippen LogP contribution < -0.4 is 5.32 Å². The molecule has 7 nitrogen and oxygen atoms in total. The zero-order valence-electron chi connectivity index (χ0n) is 19.8. The Morgan fingerprint density at radius 2 is 1.75 bits per heavy atom. The van der Waals surface area contributed by atoms with Gasteiger partial charge in [0.1, 0.15) is 0 Å². The van der Waals surface area contributed by atoms with Gasteiger partial charge in [0.25, 0.3) is 0 Å². The molecule has 1 atom stereocenters. The maximum absolute atomic E-state index is 12.8. The fraction of sp³-hybridized carbons (Fsp3) is 0.652. The van der Waals surface area contributed by atoms with Crippen LogP contribution in [-0.4, -0.2) is 104 Å². The first kappa shape index (κ1) is 27.1. The van der Waals surface area contributed by atoms with Crippen LogP contribution in [0.5, 0.6) is 0 Å². The molecule has 1 unspecified atom stereocenters. The van der Waals surface area contributed by atoms with E-state index in [0.29, 0.717) is 36.6 Å². The number of carbonyl (C=O) groups excluding carboxylic acids is 1. The molecule has 9 heteroatoms. The molecule has 0 radical (unpaired) electrons. The van der Waals surface area contributed by atoms with Gasteiger partial charge >= 0.3 is 0 Å². The third kappa shape index (κ3) is 7.46. The van der Waals surface area contributed by atoms with Crippen LogP contribution in [0.4, 0.5) is 0 Å². The number of halogens is 2. The molecule has 32 heavy (non-hydrogen) atoms. The second-order valence-electron chi connectivity index (χ2n) is 8.94. The number of hydrogen-bond donors (Lipinski definition) is 1. The van der Waals surface area contributed by atoms with Crippen molar-refractivity contribution in [2.45, 2.75) is 26.4 Å². The number of nitrogens with one attached hydrogen (secondary N) is 1. The third-order valence-corrected chi connectivity index (χ3v) is 6.61. The lowest BCUT2D eigenvalue weighted by molar-refractivity contribution is -0.135. The summed E-state index contributed by atoms with van der Waals surface area (Å²) < 4.78 is 0. The maximum atomic E-state index is 12.8. The van der Waals surface area contributed by atoms with E-state index in [1.807, 2.05) is 29.2 Å². The lowest BCUT2D eigenvalue weighted by Crippen LogP contribution is -2.58. The van der Waals surface area contributed by atoms with Crippen molar-refractivity contribution in [2.24, 2.45) is 10.9 Å². The van der Waals surface area contributed by atoms with Crippen LogP contribution in [0.1, 0.15) is 19.4 Å². The summed E-state index contributed by atoms with van der Waals surface area (Å²) in [4.78, 5) is 26.2. The monoisotopic (exact) mass is 576 g/mol. The maximum Gasteiger partial charge on any atom is 0.242 e. The molecular formula is C23H38ClIN6O. The van der Waals surface area contributed by atoms with E-state index in [2.05, 4.69) is 45.9 Å². The van der Waals surface area contributed by atoms with Crippen LogP contribution in [0.2, 0.25) is 5.02 Å². The molecule has 0 aromatic heterocycles. The fourth-order valence-corrected chi connectivity index (χ4v) is 4.46. The second-order valence-corrected chi connectivity index (χ2v) is 9.38. The average molecular weight is 577 g/mol. The van der Waals surface area contributed by atoms with E-state index in [0.717, 1.165) is 50.8 Å². The minimum Gasteiger partial charge on any atom is -0.355 e. The van der Waals surface area contributed by atoms with Crippen molar-refractivity contribution in [1.82, 2.24) is 24.9 Å². The molecule has 2 aliphatic rings. The van der Waals surface area contributed by atoms with E-state index in [-0.39, 0.29) is 29.9 Å². The van der Waals surface area contributed by atoms with E-state index in [1.54, 1.807) is 7.05 Å². The molecule has 1 amide bonds. The molecule has 0 spiro atoms. The first-order valence-corrected chi connectivity index (χ1v) is 11.7. The molecule has 180 valence electrons. The topological polar surface area (TPSA) is 54.4 Å². The number of rotatable bonds is 6. The number of hydrogen-bond acceptors (Lipinski definition) is 4. The minimum absolute atomic E-state index is 0. The number of likely N-dealkylation sites (N-methyl/N-ethyl adjacent to an activating group) is 1. The predicted octanol–water partition coefficient (Wildman–Crippen LogP) is 2.45. The highest BCUT2D eigenvalue weighted by molar-refractivity contribution is 14.0. The van der Waals surface area contributed by atoms with Gasteiger partial charge in [0, 0.05) is 70.5 Å².